The van der Waals surface area contributed by atoms with Gasteiger partial charge in [0.15, 0.2) is 0 Å². The number of thioether (sulfide) groups is 1. The molecule has 0 radical (unpaired) electrons. The zero-order valence-electron chi connectivity index (χ0n) is 10.2. The molecule has 1 heterocycles. The van der Waals surface area contributed by atoms with Crippen LogP contribution in [0.4, 0.5) is 0 Å². The number of amides is 1. The van der Waals surface area contributed by atoms with E-state index in [4.69, 9.17) is 4.74 Å². The minimum atomic E-state index is -1.08. The summed E-state index contributed by atoms with van der Waals surface area (Å²) in [5.74, 6) is 0.0268. The first-order valence-corrected chi connectivity index (χ1v) is 6.79. The largest absolute Gasteiger partial charge is 0.480 e. The van der Waals surface area contributed by atoms with Crippen molar-refractivity contribution in [2.75, 3.05) is 25.2 Å². The Balaban J connectivity index is 2.66. The molecule has 0 aromatic carbocycles. The van der Waals surface area contributed by atoms with Crippen LogP contribution in [0.2, 0.25) is 0 Å². The summed E-state index contributed by atoms with van der Waals surface area (Å²) < 4.78 is 4.89. The highest BCUT2D eigenvalue weighted by molar-refractivity contribution is 7.99. The van der Waals surface area contributed by atoms with Crippen LogP contribution in [0.15, 0.2) is 0 Å². The summed E-state index contributed by atoms with van der Waals surface area (Å²) >= 11 is 1.72. The summed E-state index contributed by atoms with van der Waals surface area (Å²) in [6.45, 7) is 2.03. The highest BCUT2D eigenvalue weighted by Gasteiger charge is 2.41. The summed E-state index contributed by atoms with van der Waals surface area (Å²) in [5, 5.41) is 12.0. The first-order chi connectivity index (χ1) is 8.02. The van der Waals surface area contributed by atoms with Crippen LogP contribution < -0.4 is 5.32 Å². The Kier molecular flexibility index (Phi) is 5.27. The molecule has 1 fully saturated rings. The third-order valence-electron chi connectivity index (χ3n) is 2.98. The molecule has 0 saturated carbocycles. The van der Waals surface area contributed by atoms with Crippen LogP contribution in [0.25, 0.3) is 0 Å². The van der Waals surface area contributed by atoms with Gasteiger partial charge in [-0.2, -0.15) is 11.8 Å². The van der Waals surface area contributed by atoms with E-state index in [0.29, 0.717) is 19.4 Å². The number of carbonyl (C=O) groups excluding carboxylic acids is 1. The third kappa shape index (κ3) is 3.61. The monoisotopic (exact) mass is 261 g/mol. The van der Waals surface area contributed by atoms with Gasteiger partial charge in [0, 0.05) is 7.11 Å². The van der Waals surface area contributed by atoms with Gasteiger partial charge < -0.3 is 15.2 Å². The average molecular weight is 261 g/mol. The summed E-state index contributed by atoms with van der Waals surface area (Å²) in [6.07, 6.45) is 0.969. The van der Waals surface area contributed by atoms with Gasteiger partial charge in [-0.1, -0.05) is 6.92 Å². The van der Waals surface area contributed by atoms with Crippen LogP contribution in [0.1, 0.15) is 19.8 Å². The topological polar surface area (TPSA) is 75.6 Å². The zero-order chi connectivity index (χ0) is 12.9. The summed E-state index contributed by atoms with van der Waals surface area (Å²) in [5.41, 5.74) is -1.08. The number of carbonyl (C=O) groups is 2. The van der Waals surface area contributed by atoms with Gasteiger partial charge in [0.05, 0.1) is 12.5 Å². The molecule has 1 saturated heterocycles. The highest BCUT2D eigenvalue weighted by Crippen LogP contribution is 2.27. The lowest BCUT2D eigenvalue weighted by atomic mass is 9.91. The number of hydrogen-bond acceptors (Lipinski definition) is 4. The first kappa shape index (κ1) is 14.3. The van der Waals surface area contributed by atoms with Crippen molar-refractivity contribution in [3.63, 3.8) is 0 Å². The Morgan fingerprint density at radius 1 is 1.47 bits per heavy atom. The Labute approximate surface area is 105 Å². The molecular weight excluding hydrogens is 242 g/mol. The molecule has 0 bridgehead atoms. The maximum absolute atomic E-state index is 11.8. The van der Waals surface area contributed by atoms with E-state index in [1.807, 2.05) is 0 Å². The number of methoxy groups -OCH3 is 1. The molecule has 0 spiro atoms. The molecular formula is C11H19NO4S. The Morgan fingerprint density at radius 2 is 2.06 bits per heavy atom. The van der Waals surface area contributed by atoms with Gasteiger partial charge in [-0.25, -0.2) is 4.79 Å². The van der Waals surface area contributed by atoms with Crippen molar-refractivity contribution in [3.8, 4) is 0 Å². The van der Waals surface area contributed by atoms with E-state index in [1.165, 1.54) is 7.11 Å². The molecule has 1 rings (SSSR count). The summed E-state index contributed by atoms with van der Waals surface area (Å²) in [6, 6.07) is 0. The van der Waals surface area contributed by atoms with E-state index >= 15 is 0 Å². The molecule has 1 aliphatic heterocycles. The lowest BCUT2D eigenvalue weighted by Gasteiger charge is -2.34. The molecule has 1 atom stereocenters. The molecule has 5 nitrogen and oxygen atoms in total. The van der Waals surface area contributed by atoms with Crippen LogP contribution in [0, 0.1) is 5.92 Å². The number of rotatable bonds is 5. The molecule has 0 aromatic heterocycles. The molecule has 0 aromatic rings. The predicted molar refractivity (Wildman–Crippen MR) is 66.1 cm³/mol. The van der Waals surface area contributed by atoms with Crippen molar-refractivity contribution in [2.45, 2.75) is 25.3 Å². The molecule has 98 valence electrons. The molecule has 17 heavy (non-hydrogen) atoms. The van der Waals surface area contributed by atoms with Gasteiger partial charge in [0.1, 0.15) is 5.54 Å². The van der Waals surface area contributed by atoms with Crippen LogP contribution in [0.3, 0.4) is 0 Å². The SMILES string of the molecule is COCC(C)C(=O)NC1(C(=O)O)CCSCC1. The average Bonchev–Trinajstić information content (AvgIpc) is 2.30. The van der Waals surface area contributed by atoms with Crippen molar-refractivity contribution in [3.05, 3.63) is 0 Å². The second-order valence-corrected chi connectivity index (χ2v) is 5.57. The van der Waals surface area contributed by atoms with Crippen molar-refractivity contribution in [2.24, 2.45) is 5.92 Å². The standard InChI is InChI=1S/C11H19NO4S/c1-8(7-16-2)9(13)12-11(10(14)15)3-5-17-6-4-11/h8H,3-7H2,1-2H3,(H,12,13)(H,14,15). The van der Waals surface area contributed by atoms with Crippen molar-refractivity contribution in [1.82, 2.24) is 5.32 Å². The van der Waals surface area contributed by atoms with E-state index in [-0.39, 0.29) is 11.8 Å². The van der Waals surface area contributed by atoms with E-state index in [9.17, 15) is 14.7 Å². The summed E-state index contributed by atoms with van der Waals surface area (Å²) in [4.78, 5) is 23.2. The number of aliphatic carboxylic acids is 1. The first-order valence-electron chi connectivity index (χ1n) is 5.64. The lowest BCUT2D eigenvalue weighted by Crippen LogP contribution is -2.57. The number of carboxylic acids is 1. The van der Waals surface area contributed by atoms with Gasteiger partial charge in [-0.15, -0.1) is 0 Å². The van der Waals surface area contributed by atoms with E-state index in [1.54, 1.807) is 18.7 Å². The fourth-order valence-corrected chi connectivity index (χ4v) is 2.99. The number of nitrogens with one attached hydrogen (secondary N) is 1. The fraction of sp³-hybridized carbons (Fsp3) is 0.818. The Bertz CT molecular complexity index is 289. The van der Waals surface area contributed by atoms with Crippen LogP contribution in [-0.4, -0.2) is 47.7 Å². The van der Waals surface area contributed by atoms with E-state index in [2.05, 4.69) is 5.32 Å². The van der Waals surface area contributed by atoms with E-state index in [0.717, 1.165) is 11.5 Å². The molecule has 0 aliphatic carbocycles. The Morgan fingerprint density at radius 3 is 2.53 bits per heavy atom. The smallest absolute Gasteiger partial charge is 0.329 e. The van der Waals surface area contributed by atoms with Gasteiger partial charge >= 0.3 is 5.97 Å². The van der Waals surface area contributed by atoms with Gasteiger partial charge in [0.25, 0.3) is 0 Å². The minimum absolute atomic E-state index is 0.249. The molecule has 1 unspecified atom stereocenters. The second kappa shape index (κ2) is 6.26. The third-order valence-corrected chi connectivity index (χ3v) is 3.97. The molecule has 1 aliphatic rings. The number of ether oxygens (including phenoxy) is 1. The number of hydrogen-bond donors (Lipinski definition) is 2. The van der Waals surface area contributed by atoms with Gasteiger partial charge in [-0.3, -0.25) is 4.79 Å². The maximum Gasteiger partial charge on any atom is 0.329 e. The summed E-state index contributed by atoms with van der Waals surface area (Å²) in [7, 11) is 1.52. The number of carboxylic acid groups (broad SMARTS) is 1. The van der Waals surface area contributed by atoms with Crippen molar-refractivity contribution >= 4 is 23.6 Å². The highest BCUT2D eigenvalue weighted by atomic mass is 32.2. The maximum atomic E-state index is 11.8. The molecule has 6 heteroatoms. The van der Waals surface area contributed by atoms with Crippen LogP contribution in [0.5, 0.6) is 0 Å². The van der Waals surface area contributed by atoms with Gasteiger partial charge in [-0.05, 0) is 24.3 Å². The predicted octanol–water partition coefficient (Wildman–Crippen LogP) is 0.735. The van der Waals surface area contributed by atoms with E-state index < -0.39 is 11.5 Å². The Hall–Kier alpha value is -0.750. The molecule has 1 amide bonds. The second-order valence-electron chi connectivity index (χ2n) is 4.35. The minimum Gasteiger partial charge on any atom is -0.480 e. The fourth-order valence-electron chi connectivity index (χ4n) is 1.80. The van der Waals surface area contributed by atoms with Crippen LogP contribution in [-0.2, 0) is 14.3 Å². The van der Waals surface area contributed by atoms with Crippen molar-refractivity contribution in [1.29, 1.82) is 0 Å². The van der Waals surface area contributed by atoms with Crippen molar-refractivity contribution < 1.29 is 19.4 Å². The zero-order valence-corrected chi connectivity index (χ0v) is 11.0. The van der Waals surface area contributed by atoms with Crippen LogP contribution >= 0.6 is 11.8 Å². The normalized spacial score (nSPS) is 20.6. The quantitative estimate of drug-likeness (QED) is 0.763. The molecule has 2 N–H and O–H groups in total. The lowest BCUT2D eigenvalue weighted by molar-refractivity contribution is -0.149. The van der Waals surface area contributed by atoms with Gasteiger partial charge in [0.2, 0.25) is 5.91 Å².